The zero-order chi connectivity index (χ0) is 25.8. The molecule has 1 amide bonds. The number of nitrogens with two attached hydrogens (primary N) is 2. The van der Waals surface area contributed by atoms with Crippen LogP contribution in [0.4, 0.5) is 34.4 Å². The van der Waals surface area contributed by atoms with Crippen molar-refractivity contribution in [2.45, 2.75) is 18.9 Å². The van der Waals surface area contributed by atoms with Crippen LogP contribution in [-0.2, 0) is 0 Å². The molecule has 2 aliphatic rings. The zero-order valence-corrected chi connectivity index (χ0v) is 21.2. The fraction of sp³-hybridized carbons (Fsp3) is 0.370. The minimum Gasteiger partial charge on any atom is -0.397 e. The lowest BCUT2D eigenvalue weighted by atomic mass is 10.0. The van der Waals surface area contributed by atoms with E-state index in [1.807, 2.05) is 18.2 Å². The third kappa shape index (κ3) is 6.03. The Labute approximate surface area is 217 Å². The van der Waals surface area contributed by atoms with Crippen molar-refractivity contribution < 1.29 is 4.79 Å². The molecule has 0 atom stereocenters. The SMILES string of the molecule is CN1CCN(c2ccc(Nc3cc(NC4CCN(c5ccc(N)cn5)CC4)c(C(N)=O)cn3)cc2)CC1. The number of nitrogens with zero attached hydrogens (tertiary/aromatic N) is 5. The number of nitrogen functional groups attached to an aromatic ring is 1. The minimum absolute atomic E-state index is 0.209. The second-order valence-corrected chi connectivity index (χ2v) is 9.80. The van der Waals surface area contributed by atoms with E-state index in [9.17, 15) is 4.79 Å². The molecule has 0 unspecified atom stereocenters. The van der Waals surface area contributed by atoms with Gasteiger partial charge in [0.15, 0.2) is 0 Å². The lowest BCUT2D eigenvalue weighted by molar-refractivity contribution is 0.100. The van der Waals surface area contributed by atoms with E-state index in [0.717, 1.165) is 63.6 Å². The number of piperidine rings is 1. The minimum atomic E-state index is -0.499. The average molecular weight is 502 g/mol. The number of nitrogens with one attached hydrogen (secondary N) is 2. The van der Waals surface area contributed by atoms with E-state index in [1.165, 1.54) is 5.69 Å². The fourth-order valence-corrected chi connectivity index (χ4v) is 4.87. The average Bonchev–Trinajstić information content (AvgIpc) is 2.91. The Kier molecular flexibility index (Phi) is 7.27. The van der Waals surface area contributed by atoms with Gasteiger partial charge in [-0.25, -0.2) is 9.97 Å². The second-order valence-electron chi connectivity index (χ2n) is 9.80. The number of likely N-dealkylation sites (N-methyl/N-ethyl adjacent to an activating group) is 1. The molecule has 2 aliphatic heterocycles. The largest absolute Gasteiger partial charge is 0.397 e. The van der Waals surface area contributed by atoms with Crippen molar-refractivity contribution in [3.05, 3.63) is 60.4 Å². The van der Waals surface area contributed by atoms with Crippen molar-refractivity contribution in [2.24, 2.45) is 5.73 Å². The van der Waals surface area contributed by atoms with E-state index in [0.29, 0.717) is 22.8 Å². The van der Waals surface area contributed by atoms with Gasteiger partial charge in [-0.2, -0.15) is 0 Å². The first kappa shape index (κ1) is 24.6. The molecule has 10 nitrogen and oxygen atoms in total. The Bertz CT molecular complexity index is 1200. The molecule has 1 aromatic carbocycles. The smallest absolute Gasteiger partial charge is 0.252 e. The third-order valence-electron chi connectivity index (χ3n) is 7.13. The highest BCUT2D eigenvalue weighted by Gasteiger charge is 2.22. The number of aromatic nitrogens is 2. The Balaban J connectivity index is 1.23. The number of piperazine rings is 1. The van der Waals surface area contributed by atoms with E-state index in [1.54, 1.807) is 12.4 Å². The molecule has 2 saturated heterocycles. The Morgan fingerprint density at radius 2 is 1.65 bits per heavy atom. The van der Waals surface area contributed by atoms with Gasteiger partial charge in [0, 0.05) is 68.9 Å². The zero-order valence-electron chi connectivity index (χ0n) is 21.2. The molecule has 0 aliphatic carbocycles. The molecule has 10 heteroatoms. The van der Waals surface area contributed by atoms with Crippen LogP contribution in [0.1, 0.15) is 23.2 Å². The summed E-state index contributed by atoms with van der Waals surface area (Å²) in [6.07, 6.45) is 5.04. The van der Waals surface area contributed by atoms with E-state index >= 15 is 0 Å². The van der Waals surface area contributed by atoms with Gasteiger partial charge in [0.2, 0.25) is 0 Å². The van der Waals surface area contributed by atoms with Crippen LogP contribution in [-0.4, -0.2) is 73.1 Å². The fourth-order valence-electron chi connectivity index (χ4n) is 4.87. The number of primary amides is 1. The lowest BCUT2D eigenvalue weighted by Gasteiger charge is -2.34. The van der Waals surface area contributed by atoms with E-state index < -0.39 is 5.91 Å². The van der Waals surface area contributed by atoms with Gasteiger partial charge in [-0.15, -0.1) is 0 Å². The molecule has 0 radical (unpaired) electrons. The number of hydrogen-bond donors (Lipinski definition) is 4. The van der Waals surface area contributed by atoms with E-state index in [4.69, 9.17) is 11.5 Å². The molecule has 0 bridgehead atoms. The summed E-state index contributed by atoms with van der Waals surface area (Å²) < 4.78 is 0. The quantitative estimate of drug-likeness (QED) is 0.386. The van der Waals surface area contributed by atoms with E-state index in [2.05, 4.69) is 66.6 Å². The number of amides is 1. The van der Waals surface area contributed by atoms with Crippen molar-refractivity contribution in [1.82, 2.24) is 14.9 Å². The van der Waals surface area contributed by atoms with Crippen LogP contribution in [0, 0.1) is 0 Å². The van der Waals surface area contributed by atoms with Crippen LogP contribution in [0.15, 0.2) is 54.9 Å². The highest BCUT2D eigenvalue weighted by Crippen LogP contribution is 2.27. The summed E-state index contributed by atoms with van der Waals surface area (Å²) in [6, 6.07) is 14.3. The number of anilines is 6. The van der Waals surface area contributed by atoms with Crippen LogP contribution in [0.25, 0.3) is 0 Å². The van der Waals surface area contributed by atoms with Crippen molar-refractivity contribution in [3.8, 4) is 0 Å². The Hall–Kier alpha value is -4.05. The highest BCUT2D eigenvalue weighted by molar-refractivity contribution is 5.98. The molecule has 2 fully saturated rings. The maximum absolute atomic E-state index is 12.1. The van der Waals surface area contributed by atoms with Gasteiger partial charge in [-0.05, 0) is 56.3 Å². The van der Waals surface area contributed by atoms with Gasteiger partial charge in [-0.1, -0.05) is 0 Å². The number of carbonyl (C=O) groups excluding carboxylic acids is 1. The maximum atomic E-state index is 12.1. The summed E-state index contributed by atoms with van der Waals surface area (Å²) in [6.45, 7) is 5.92. The predicted octanol–water partition coefficient (Wildman–Crippen LogP) is 2.73. The molecular weight excluding hydrogens is 466 g/mol. The molecule has 3 aromatic rings. The summed E-state index contributed by atoms with van der Waals surface area (Å²) in [7, 11) is 2.16. The van der Waals surface area contributed by atoms with Gasteiger partial charge < -0.3 is 36.8 Å². The van der Waals surface area contributed by atoms with Crippen molar-refractivity contribution in [1.29, 1.82) is 0 Å². The first-order valence-electron chi connectivity index (χ1n) is 12.8. The molecule has 0 saturated carbocycles. The highest BCUT2D eigenvalue weighted by atomic mass is 16.1. The summed E-state index contributed by atoms with van der Waals surface area (Å²) in [5, 5.41) is 6.90. The summed E-state index contributed by atoms with van der Waals surface area (Å²) >= 11 is 0. The van der Waals surface area contributed by atoms with Gasteiger partial charge >= 0.3 is 0 Å². The van der Waals surface area contributed by atoms with Crippen LogP contribution in [0.3, 0.4) is 0 Å². The predicted molar refractivity (Wildman–Crippen MR) is 150 cm³/mol. The van der Waals surface area contributed by atoms with Crippen LogP contribution < -0.4 is 31.9 Å². The maximum Gasteiger partial charge on any atom is 0.252 e. The van der Waals surface area contributed by atoms with Gasteiger partial charge in [-0.3, -0.25) is 4.79 Å². The topological polar surface area (TPSA) is 129 Å². The second kappa shape index (κ2) is 10.9. The number of pyridine rings is 2. The number of rotatable bonds is 7. The molecule has 194 valence electrons. The molecule has 2 aromatic heterocycles. The number of hydrogen-bond acceptors (Lipinski definition) is 9. The molecule has 0 spiro atoms. The molecule has 4 heterocycles. The molecule has 6 N–H and O–H groups in total. The number of carbonyl (C=O) groups is 1. The van der Waals surface area contributed by atoms with Crippen LogP contribution in [0.5, 0.6) is 0 Å². The van der Waals surface area contributed by atoms with Crippen LogP contribution in [0.2, 0.25) is 0 Å². The van der Waals surface area contributed by atoms with Gasteiger partial charge in [0.1, 0.15) is 11.6 Å². The van der Waals surface area contributed by atoms with Crippen molar-refractivity contribution >= 4 is 40.3 Å². The normalized spacial score (nSPS) is 17.0. The Morgan fingerprint density at radius 1 is 0.919 bits per heavy atom. The van der Waals surface area contributed by atoms with Crippen LogP contribution >= 0.6 is 0 Å². The summed E-state index contributed by atoms with van der Waals surface area (Å²) in [4.78, 5) is 28.0. The molecular formula is C27H35N9O. The summed E-state index contributed by atoms with van der Waals surface area (Å²) in [5.74, 6) is 1.09. The third-order valence-corrected chi connectivity index (χ3v) is 7.13. The van der Waals surface area contributed by atoms with E-state index in [-0.39, 0.29) is 6.04 Å². The number of benzene rings is 1. The molecule has 37 heavy (non-hydrogen) atoms. The summed E-state index contributed by atoms with van der Waals surface area (Å²) in [5.41, 5.74) is 15.3. The first-order chi connectivity index (χ1) is 17.9. The Morgan fingerprint density at radius 3 is 2.30 bits per heavy atom. The van der Waals surface area contributed by atoms with Crippen molar-refractivity contribution in [3.63, 3.8) is 0 Å². The van der Waals surface area contributed by atoms with Crippen molar-refractivity contribution in [2.75, 3.05) is 72.5 Å². The monoisotopic (exact) mass is 501 g/mol. The first-order valence-corrected chi connectivity index (χ1v) is 12.8. The molecule has 5 rings (SSSR count). The lowest BCUT2D eigenvalue weighted by Crippen LogP contribution is -2.44. The van der Waals surface area contributed by atoms with Gasteiger partial charge in [0.05, 0.1) is 23.1 Å². The standard InChI is InChI=1S/C27H35N9O/c1-34-12-14-35(15-13-34)22-5-3-20(4-6-22)33-25-16-24(23(18-30-25)27(29)37)32-21-8-10-36(11-9-21)26-7-2-19(28)17-31-26/h2-7,16-18,21H,8-15,28H2,1H3,(H2,29,37)(H2,30,32,33). The van der Waals surface area contributed by atoms with Gasteiger partial charge in [0.25, 0.3) is 5.91 Å².